The Hall–Kier alpha value is -2.59. The van der Waals surface area contributed by atoms with Crippen molar-refractivity contribution in [3.63, 3.8) is 0 Å². The predicted molar refractivity (Wildman–Crippen MR) is 179 cm³/mol. The minimum Gasteiger partial charge on any atom is -0.632 e. The highest BCUT2D eigenvalue weighted by molar-refractivity contribution is 6.00. The molecule has 2 N–H and O–H groups in total. The minimum absolute atomic E-state index is 0.0205. The fourth-order valence-electron chi connectivity index (χ4n) is 11.9. The number of hydrogen-bond donors (Lipinski definition) is 2. The van der Waals surface area contributed by atoms with Crippen molar-refractivity contribution in [2.75, 3.05) is 32.7 Å². The molecule has 47 heavy (non-hydrogen) atoms. The largest absolute Gasteiger partial charge is 0.632 e. The van der Waals surface area contributed by atoms with Crippen LogP contribution in [0.15, 0.2) is 36.5 Å². The SMILES string of the molecule is C[C@]12CCC3C(CC[C@H]4C[C@H](O)[C@@H]([N+]5([O-])CCN(C(=O)[C@@H]6CCCN6C(=O)c6cnc7ccccc7c6)CC5)C[C@]34C)C1CC[C@@H]2O. The van der Waals surface area contributed by atoms with Crippen molar-refractivity contribution in [1.82, 2.24) is 14.8 Å². The van der Waals surface area contributed by atoms with Crippen LogP contribution in [0.3, 0.4) is 0 Å². The van der Waals surface area contributed by atoms with Crippen LogP contribution >= 0.6 is 0 Å². The van der Waals surface area contributed by atoms with Gasteiger partial charge in [-0.25, -0.2) is 0 Å². The fraction of sp³-hybridized carbons (Fsp3) is 0.711. The molecule has 254 valence electrons. The van der Waals surface area contributed by atoms with Crippen LogP contribution in [0.5, 0.6) is 0 Å². The first kappa shape index (κ1) is 31.7. The number of amides is 2. The van der Waals surface area contributed by atoms with Crippen molar-refractivity contribution >= 4 is 22.7 Å². The Bertz CT molecular complexity index is 1540. The number of pyridine rings is 1. The van der Waals surface area contributed by atoms with E-state index < -0.39 is 16.8 Å². The normalized spacial score (nSPS) is 41.3. The molecule has 2 amide bonds. The maximum absolute atomic E-state index is 14.6. The van der Waals surface area contributed by atoms with Crippen LogP contribution in [-0.4, -0.2) is 98.5 Å². The Morgan fingerprint density at radius 2 is 1.72 bits per heavy atom. The number of aliphatic hydroxyl groups excluding tert-OH is 2. The molecule has 9 nitrogen and oxygen atoms in total. The lowest BCUT2D eigenvalue weighted by molar-refractivity contribution is -0.915. The summed E-state index contributed by atoms with van der Waals surface area (Å²) in [6.07, 6.45) is 10.1. The monoisotopic (exact) mass is 644 g/mol. The lowest BCUT2D eigenvalue weighted by Gasteiger charge is -2.64. The van der Waals surface area contributed by atoms with Crippen molar-refractivity contribution in [3.8, 4) is 0 Å². The fourth-order valence-corrected chi connectivity index (χ4v) is 11.9. The summed E-state index contributed by atoms with van der Waals surface area (Å²) in [5.41, 5.74) is 1.37. The van der Waals surface area contributed by atoms with Gasteiger partial charge in [-0.05, 0) is 104 Å². The van der Waals surface area contributed by atoms with Gasteiger partial charge < -0.3 is 29.9 Å². The van der Waals surface area contributed by atoms with Gasteiger partial charge in [0.25, 0.3) is 5.91 Å². The van der Waals surface area contributed by atoms with Crippen LogP contribution in [0, 0.1) is 39.7 Å². The van der Waals surface area contributed by atoms with E-state index in [0.717, 1.165) is 55.8 Å². The van der Waals surface area contributed by atoms with E-state index in [4.69, 9.17) is 0 Å². The van der Waals surface area contributed by atoms with Crippen LogP contribution in [0.1, 0.15) is 88.4 Å². The summed E-state index contributed by atoms with van der Waals surface area (Å²) < 4.78 is -0.430. The van der Waals surface area contributed by atoms with E-state index in [0.29, 0.717) is 61.7 Å². The Labute approximate surface area is 278 Å². The van der Waals surface area contributed by atoms with E-state index in [1.807, 2.05) is 30.3 Å². The molecule has 9 heteroatoms. The number of nitrogens with zero attached hydrogens (tertiary/aromatic N) is 4. The molecule has 3 heterocycles. The highest BCUT2D eigenvalue weighted by Crippen LogP contribution is 2.66. The highest BCUT2D eigenvalue weighted by atomic mass is 16.6. The number of benzene rings is 1. The summed E-state index contributed by atoms with van der Waals surface area (Å²) in [7, 11) is 0. The van der Waals surface area contributed by atoms with E-state index in [1.165, 1.54) is 6.42 Å². The molecule has 6 fully saturated rings. The molecule has 1 aromatic heterocycles. The summed E-state index contributed by atoms with van der Waals surface area (Å²) in [5, 5.41) is 37.9. The van der Waals surface area contributed by atoms with E-state index in [2.05, 4.69) is 18.8 Å². The van der Waals surface area contributed by atoms with Gasteiger partial charge in [-0.2, -0.15) is 0 Å². The molecule has 3 unspecified atom stereocenters. The molecule has 10 atom stereocenters. The summed E-state index contributed by atoms with van der Waals surface area (Å²) in [6.45, 7) is 6.54. The van der Waals surface area contributed by atoms with E-state index >= 15 is 0 Å². The summed E-state index contributed by atoms with van der Waals surface area (Å²) in [6, 6.07) is 8.66. The number of quaternary nitrogens is 1. The second-order valence-corrected chi connectivity index (χ2v) is 16.7. The van der Waals surface area contributed by atoms with Crippen LogP contribution in [-0.2, 0) is 4.79 Å². The lowest BCUT2D eigenvalue weighted by Crippen LogP contribution is -2.69. The Kier molecular flexibility index (Phi) is 7.75. The first-order chi connectivity index (χ1) is 22.5. The van der Waals surface area contributed by atoms with Crippen molar-refractivity contribution in [1.29, 1.82) is 0 Å². The minimum atomic E-state index is -0.620. The van der Waals surface area contributed by atoms with Crippen LogP contribution in [0.4, 0.5) is 0 Å². The summed E-state index contributed by atoms with van der Waals surface area (Å²) in [4.78, 5) is 35.4. The van der Waals surface area contributed by atoms with E-state index in [9.17, 15) is 25.0 Å². The van der Waals surface area contributed by atoms with Crippen molar-refractivity contribution < 1.29 is 24.4 Å². The average molecular weight is 645 g/mol. The third-order valence-corrected chi connectivity index (χ3v) is 14.7. The van der Waals surface area contributed by atoms with E-state index in [1.54, 1.807) is 16.0 Å². The Morgan fingerprint density at radius 1 is 0.957 bits per heavy atom. The first-order valence-electron chi connectivity index (χ1n) is 18.4. The topological polar surface area (TPSA) is 117 Å². The first-order valence-corrected chi connectivity index (χ1v) is 18.4. The average Bonchev–Trinajstić information content (AvgIpc) is 3.68. The van der Waals surface area contributed by atoms with Gasteiger partial charge in [0.1, 0.15) is 18.2 Å². The lowest BCUT2D eigenvalue weighted by atomic mass is 9.44. The zero-order valence-electron chi connectivity index (χ0n) is 28.1. The molecule has 2 aromatic rings. The molecule has 0 bridgehead atoms. The molecule has 8 rings (SSSR count). The highest BCUT2D eigenvalue weighted by Gasteiger charge is 2.62. The van der Waals surface area contributed by atoms with Crippen molar-refractivity contribution in [3.05, 3.63) is 47.3 Å². The molecule has 0 radical (unpaired) electrons. The number of aliphatic hydroxyl groups is 2. The Morgan fingerprint density at radius 3 is 2.53 bits per heavy atom. The van der Waals surface area contributed by atoms with E-state index in [-0.39, 0.29) is 47.9 Å². The van der Waals surface area contributed by atoms with Gasteiger partial charge in [-0.3, -0.25) is 14.6 Å². The summed E-state index contributed by atoms with van der Waals surface area (Å²) in [5.74, 6) is 1.90. The number of hydroxylamine groups is 3. The van der Waals surface area contributed by atoms with Gasteiger partial charge in [-0.15, -0.1) is 0 Å². The molecule has 2 saturated heterocycles. The molecule has 4 saturated carbocycles. The molecular formula is C38H52N4O5. The smallest absolute Gasteiger partial charge is 0.256 e. The summed E-state index contributed by atoms with van der Waals surface area (Å²) >= 11 is 0. The molecule has 1 aromatic carbocycles. The Balaban J connectivity index is 0.944. The second kappa shape index (κ2) is 11.5. The molecule has 4 aliphatic carbocycles. The standard InChI is InChI=1S/C38H52N4O5/c1-37-14-13-29-27(28(37)11-12-34(37)44)10-9-26-21-33(43)32(22-38(26,29)2)42(47)18-16-40(17-19-42)36(46)31-8-5-15-41(31)35(45)25-20-24-6-3-4-7-30(24)39-23-25/h3-4,6-7,20,23,26-29,31-34,43-44H,5,8-19,21-22H2,1-2H3/t26-,27?,28?,29?,31-,32-,33-,34-,37-,38-/m0/s1. The van der Waals surface area contributed by atoms with Crippen molar-refractivity contribution in [2.24, 2.45) is 34.5 Å². The van der Waals surface area contributed by atoms with Gasteiger partial charge in [0.05, 0.1) is 43.4 Å². The number of piperazine rings is 1. The second-order valence-electron chi connectivity index (χ2n) is 16.7. The maximum atomic E-state index is 14.6. The predicted octanol–water partition coefficient (Wildman–Crippen LogP) is 4.74. The quantitative estimate of drug-likeness (QED) is 0.369. The maximum Gasteiger partial charge on any atom is 0.256 e. The zero-order valence-corrected chi connectivity index (χ0v) is 28.1. The number of carbonyl (C=O) groups is 2. The number of carbonyl (C=O) groups excluding carboxylic acids is 2. The number of rotatable bonds is 3. The zero-order chi connectivity index (χ0) is 32.7. The number of hydrogen-bond acceptors (Lipinski definition) is 6. The van der Waals surface area contributed by atoms with Crippen molar-refractivity contribution in [2.45, 2.75) is 102 Å². The number of fused-ring (bicyclic) bond motifs is 6. The third kappa shape index (κ3) is 4.97. The number of likely N-dealkylation sites (tertiary alicyclic amines) is 1. The number of para-hydroxylation sites is 1. The van der Waals surface area contributed by atoms with Gasteiger partial charge >= 0.3 is 0 Å². The van der Waals surface area contributed by atoms with Crippen LogP contribution in [0.25, 0.3) is 10.9 Å². The molecule has 0 spiro atoms. The van der Waals surface area contributed by atoms with Crippen LogP contribution < -0.4 is 0 Å². The molecule has 6 aliphatic rings. The van der Waals surface area contributed by atoms with Gasteiger partial charge in [0.2, 0.25) is 5.91 Å². The van der Waals surface area contributed by atoms with Gasteiger partial charge in [0, 0.05) is 24.5 Å². The molecule has 2 aliphatic heterocycles. The molecular weight excluding hydrogens is 592 g/mol. The number of aromatic nitrogens is 1. The van der Waals surface area contributed by atoms with Gasteiger partial charge in [0.15, 0.2) is 0 Å². The van der Waals surface area contributed by atoms with Gasteiger partial charge in [-0.1, -0.05) is 32.0 Å². The third-order valence-electron chi connectivity index (χ3n) is 14.7. The van der Waals surface area contributed by atoms with Crippen LogP contribution in [0.2, 0.25) is 0 Å².